The van der Waals surface area contributed by atoms with Gasteiger partial charge in [0.1, 0.15) is 17.4 Å². The van der Waals surface area contributed by atoms with Crippen LogP contribution < -0.4 is 15.6 Å². The molecule has 146 valence electrons. The predicted octanol–water partition coefficient (Wildman–Crippen LogP) is 3.70. The topological polar surface area (TPSA) is 108 Å². The van der Waals surface area contributed by atoms with Crippen LogP contribution in [-0.2, 0) is 4.79 Å². The highest BCUT2D eigenvalue weighted by Crippen LogP contribution is 2.24. The summed E-state index contributed by atoms with van der Waals surface area (Å²) in [5.41, 5.74) is 0.757. The number of aromatic amines is 1. The Hall–Kier alpha value is -3.28. The average Bonchev–Trinajstić information content (AvgIpc) is 2.72. The van der Waals surface area contributed by atoms with E-state index in [0.717, 1.165) is 11.8 Å². The molecule has 0 bridgehead atoms. The third-order valence-corrected chi connectivity index (χ3v) is 4.93. The van der Waals surface area contributed by atoms with Gasteiger partial charge >= 0.3 is 0 Å². The van der Waals surface area contributed by atoms with Gasteiger partial charge < -0.3 is 15.0 Å². The van der Waals surface area contributed by atoms with E-state index >= 15 is 0 Å². The predicted molar refractivity (Wildman–Crippen MR) is 112 cm³/mol. The van der Waals surface area contributed by atoms with Gasteiger partial charge in [-0.1, -0.05) is 29.4 Å². The van der Waals surface area contributed by atoms with Crippen molar-refractivity contribution in [2.75, 3.05) is 18.2 Å². The molecule has 1 heterocycles. The van der Waals surface area contributed by atoms with E-state index in [2.05, 4.69) is 15.3 Å². The lowest BCUT2D eigenvalue weighted by molar-refractivity contribution is -0.113. The first-order valence-corrected chi connectivity index (χ1v) is 9.73. The van der Waals surface area contributed by atoms with Crippen LogP contribution in [0.4, 0.5) is 5.69 Å². The molecule has 29 heavy (non-hydrogen) atoms. The highest BCUT2D eigenvalue weighted by atomic mass is 35.5. The van der Waals surface area contributed by atoms with Gasteiger partial charge in [0.05, 0.1) is 18.6 Å². The largest absolute Gasteiger partial charge is 0.497 e. The van der Waals surface area contributed by atoms with Gasteiger partial charge in [0.2, 0.25) is 5.91 Å². The standard InChI is InChI=1S/C20H15ClN4O3S/c1-28-15-7-5-12(6-8-15)18-16(10-22)19(27)25-20(24-18)29-11-17(26)23-14-4-2-3-13(21)9-14/h2-9H,11H2,1H3,(H,23,26)(H,24,25,27). The Balaban J connectivity index is 1.79. The normalized spacial score (nSPS) is 10.2. The van der Waals surface area contributed by atoms with E-state index in [0.29, 0.717) is 22.0 Å². The van der Waals surface area contributed by atoms with Crippen LogP contribution in [0.2, 0.25) is 5.02 Å². The Labute approximate surface area is 175 Å². The molecule has 9 heteroatoms. The Kier molecular flexibility index (Phi) is 6.54. The van der Waals surface area contributed by atoms with Crippen molar-refractivity contribution in [2.24, 2.45) is 0 Å². The Morgan fingerprint density at radius 3 is 2.72 bits per heavy atom. The quantitative estimate of drug-likeness (QED) is 0.459. The molecule has 7 nitrogen and oxygen atoms in total. The number of carbonyl (C=O) groups is 1. The zero-order valence-electron chi connectivity index (χ0n) is 15.2. The molecule has 0 fully saturated rings. The number of amides is 1. The van der Waals surface area contributed by atoms with Crippen LogP contribution in [0, 0.1) is 11.3 Å². The van der Waals surface area contributed by atoms with Crippen molar-refractivity contribution in [2.45, 2.75) is 5.16 Å². The minimum atomic E-state index is -0.564. The van der Waals surface area contributed by atoms with E-state index in [1.807, 2.05) is 6.07 Å². The third kappa shape index (κ3) is 5.16. The van der Waals surface area contributed by atoms with Gasteiger partial charge in [-0.3, -0.25) is 9.59 Å². The van der Waals surface area contributed by atoms with Crippen molar-refractivity contribution in [1.29, 1.82) is 5.26 Å². The highest BCUT2D eigenvalue weighted by Gasteiger charge is 2.15. The molecule has 3 rings (SSSR count). The number of methoxy groups -OCH3 is 1. The van der Waals surface area contributed by atoms with Crippen molar-refractivity contribution >= 4 is 35.0 Å². The van der Waals surface area contributed by atoms with E-state index < -0.39 is 5.56 Å². The summed E-state index contributed by atoms with van der Waals surface area (Å²) in [5, 5.41) is 12.8. The van der Waals surface area contributed by atoms with Crippen molar-refractivity contribution in [3.05, 3.63) is 69.5 Å². The summed E-state index contributed by atoms with van der Waals surface area (Å²) >= 11 is 6.96. The van der Waals surface area contributed by atoms with Crippen molar-refractivity contribution in [3.63, 3.8) is 0 Å². The maximum atomic E-state index is 12.3. The van der Waals surface area contributed by atoms with Crippen LogP contribution in [0.15, 0.2) is 58.5 Å². The Morgan fingerprint density at radius 1 is 1.31 bits per heavy atom. The van der Waals surface area contributed by atoms with E-state index in [9.17, 15) is 14.9 Å². The molecule has 0 radical (unpaired) electrons. The van der Waals surface area contributed by atoms with Gasteiger partial charge in [-0.25, -0.2) is 4.98 Å². The molecule has 0 saturated heterocycles. The molecule has 0 saturated carbocycles. The van der Waals surface area contributed by atoms with Crippen molar-refractivity contribution in [1.82, 2.24) is 9.97 Å². The summed E-state index contributed by atoms with van der Waals surface area (Å²) in [6.07, 6.45) is 0. The molecule has 2 N–H and O–H groups in total. The van der Waals surface area contributed by atoms with Gasteiger partial charge in [-0.05, 0) is 42.5 Å². The molecule has 0 unspecified atom stereocenters. The number of carbonyl (C=O) groups excluding carboxylic acids is 1. The first-order valence-electron chi connectivity index (χ1n) is 8.37. The van der Waals surface area contributed by atoms with Crippen LogP contribution in [0.25, 0.3) is 11.3 Å². The van der Waals surface area contributed by atoms with E-state index in [-0.39, 0.29) is 28.1 Å². The van der Waals surface area contributed by atoms with Gasteiger partial charge in [0, 0.05) is 16.3 Å². The van der Waals surface area contributed by atoms with Crippen LogP contribution in [0.1, 0.15) is 5.56 Å². The van der Waals surface area contributed by atoms with Crippen LogP contribution >= 0.6 is 23.4 Å². The minimum absolute atomic E-state index is 0.0173. The fourth-order valence-corrected chi connectivity index (χ4v) is 3.33. The lowest BCUT2D eigenvalue weighted by Crippen LogP contribution is -2.17. The number of nitrogens with zero attached hydrogens (tertiary/aromatic N) is 2. The number of anilines is 1. The number of H-pyrrole nitrogens is 1. The SMILES string of the molecule is COc1ccc(-c2nc(SCC(=O)Nc3cccc(Cl)c3)[nH]c(=O)c2C#N)cc1. The molecular weight excluding hydrogens is 412 g/mol. The smallest absolute Gasteiger partial charge is 0.270 e. The number of thioether (sulfide) groups is 1. The fraction of sp³-hybridized carbons (Fsp3) is 0.100. The summed E-state index contributed by atoms with van der Waals surface area (Å²) in [4.78, 5) is 31.4. The summed E-state index contributed by atoms with van der Waals surface area (Å²) in [6.45, 7) is 0. The Bertz CT molecular complexity index is 1140. The van der Waals surface area contributed by atoms with Crippen molar-refractivity contribution < 1.29 is 9.53 Å². The molecule has 0 aliphatic heterocycles. The summed E-state index contributed by atoms with van der Waals surface area (Å²) in [5.74, 6) is 0.378. The minimum Gasteiger partial charge on any atom is -0.497 e. The molecule has 1 amide bonds. The van der Waals surface area contributed by atoms with E-state index in [1.165, 1.54) is 0 Å². The number of nitriles is 1. The number of aromatic nitrogens is 2. The number of ether oxygens (including phenoxy) is 1. The van der Waals surface area contributed by atoms with Gasteiger partial charge in [-0.15, -0.1) is 0 Å². The zero-order valence-corrected chi connectivity index (χ0v) is 16.8. The highest BCUT2D eigenvalue weighted by molar-refractivity contribution is 7.99. The second-order valence-electron chi connectivity index (χ2n) is 5.78. The first kappa shape index (κ1) is 20.5. The Morgan fingerprint density at radius 2 is 2.07 bits per heavy atom. The molecule has 0 atom stereocenters. The summed E-state index contributed by atoms with van der Waals surface area (Å²) in [6, 6.07) is 15.5. The summed E-state index contributed by atoms with van der Waals surface area (Å²) < 4.78 is 5.12. The molecule has 3 aromatic rings. The van der Waals surface area contributed by atoms with E-state index in [4.69, 9.17) is 16.3 Å². The molecule has 0 spiro atoms. The third-order valence-electron chi connectivity index (χ3n) is 3.82. The number of hydrogen-bond donors (Lipinski definition) is 2. The maximum Gasteiger partial charge on any atom is 0.270 e. The number of nitrogens with one attached hydrogen (secondary N) is 2. The fourth-order valence-electron chi connectivity index (χ4n) is 2.48. The molecule has 1 aromatic heterocycles. The van der Waals surface area contributed by atoms with Crippen LogP contribution in [0.3, 0.4) is 0 Å². The number of hydrogen-bond acceptors (Lipinski definition) is 6. The number of benzene rings is 2. The number of halogens is 1. The van der Waals surface area contributed by atoms with E-state index in [1.54, 1.807) is 55.6 Å². The second-order valence-corrected chi connectivity index (χ2v) is 7.18. The van der Waals surface area contributed by atoms with Crippen LogP contribution in [0.5, 0.6) is 5.75 Å². The van der Waals surface area contributed by atoms with Crippen molar-refractivity contribution in [3.8, 4) is 23.1 Å². The molecule has 0 aliphatic carbocycles. The molecule has 0 aliphatic rings. The van der Waals surface area contributed by atoms with Gasteiger partial charge in [-0.2, -0.15) is 5.26 Å². The van der Waals surface area contributed by atoms with Gasteiger partial charge in [0.25, 0.3) is 5.56 Å². The molecule has 2 aromatic carbocycles. The summed E-state index contributed by atoms with van der Waals surface area (Å²) in [7, 11) is 1.55. The zero-order chi connectivity index (χ0) is 20.8. The van der Waals surface area contributed by atoms with Gasteiger partial charge in [0.15, 0.2) is 5.16 Å². The first-order chi connectivity index (χ1) is 14.0. The van der Waals surface area contributed by atoms with Crippen LogP contribution in [-0.4, -0.2) is 28.7 Å². The lowest BCUT2D eigenvalue weighted by atomic mass is 10.1. The average molecular weight is 427 g/mol. The maximum absolute atomic E-state index is 12.3. The second kappa shape index (κ2) is 9.28. The lowest BCUT2D eigenvalue weighted by Gasteiger charge is -2.08. The molecular formula is C20H15ClN4O3S. The number of rotatable bonds is 6. The monoisotopic (exact) mass is 426 g/mol.